The maximum Gasteiger partial charge on any atom is 0.263 e. The minimum absolute atomic E-state index is 0.204. The lowest BCUT2D eigenvalue weighted by molar-refractivity contribution is -0.115. The molecular formula is C20H17BrClNO4S2. The molecule has 5 nitrogen and oxygen atoms in total. The molecule has 0 aromatic heterocycles. The van der Waals surface area contributed by atoms with Gasteiger partial charge in [-0.3, -0.25) is 4.79 Å². The lowest BCUT2D eigenvalue weighted by Gasteiger charge is -2.14. The van der Waals surface area contributed by atoms with Crippen molar-refractivity contribution in [1.29, 1.82) is 0 Å². The smallest absolute Gasteiger partial charge is 0.263 e. The summed E-state index contributed by atoms with van der Waals surface area (Å²) in [5, 5.41) is 3.30. The van der Waals surface area contributed by atoms with E-state index in [-0.39, 0.29) is 5.91 Å². The van der Waals surface area contributed by atoms with E-state index in [1.165, 1.54) is 11.8 Å². The van der Waals surface area contributed by atoms with Gasteiger partial charge in [-0.15, -0.1) is 0 Å². The lowest BCUT2D eigenvalue weighted by atomic mass is 10.2. The normalized spacial score (nSPS) is 14.8. The second-order valence-electron chi connectivity index (χ2n) is 5.99. The minimum atomic E-state index is -0.204. The summed E-state index contributed by atoms with van der Waals surface area (Å²) in [6.07, 6.45) is 1.75. The van der Waals surface area contributed by atoms with Crippen LogP contribution < -0.4 is 19.5 Å². The highest BCUT2D eigenvalue weighted by molar-refractivity contribution is 9.10. The van der Waals surface area contributed by atoms with Crippen molar-refractivity contribution >= 4 is 67.8 Å². The van der Waals surface area contributed by atoms with E-state index in [0.29, 0.717) is 43.4 Å². The van der Waals surface area contributed by atoms with Gasteiger partial charge in [-0.05, 0) is 70.4 Å². The Hall–Kier alpha value is -1.74. The van der Waals surface area contributed by atoms with E-state index >= 15 is 0 Å². The average molecular weight is 515 g/mol. The Morgan fingerprint density at radius 2 is 2.00 bits per heavy atom. The Morgan fingerprint density at radius 1 is 1.24 bits per heavy atom. The Bertz CT molecular complexity index is 997. The molecule has 152 valence electrons. The van der Waals surface area contributed by atoms with E-state index in [2.05, 4.69) is 21.2 Å². The Kier molecular flexibility index (Phi) is 7.45. The molecule has 2 aromatic carbocycles. The van der Waals surface area contributed by atoms with Crippen LogP contribution in [0, 0.1) is 6.92 Å². The van der Waals surface area contributed by atoms with E-state index in [1.54, 1.807) is 25.3 Å². The molecule has 1 fully saturated rings. The van der Waals surface area contributed by atoms with Gasteiger partial charge in [0.05, 0.1) is 16.5 Å². The monoisotopic (exact) mass is 513 g/mol. The average Bonchev–Trinajstić information content (AvgIpc) is 2.99. The van der Waals surface area contributed by atoms with Crippen molar-refractivity contribution in [3.63, 3.8) is 0 Å². The van der Waals surface area contributed by atoms with Gasteiger partial charge in [0.25, 0.3) is 5.91 Å². The van der Waals surface area contributed by atoms with Crippen LogP contribution in [0.2, 0.25) is 5.02 Å². The largest absolute Gasteiger partial charge is 0.493 e. The van der Waals surface area contributed by atoms with Crippen LogP contribution in [0.3, 0.4) is 0 Å². The second-order valence-corrected chi connectivity index (χ2v) is 8.97. The Balaban J connectivity index is 1.66. The Labute approximate surface area is 191 Å². The molecule has 0 saturated carbocycles. The standard InChI is InChI=1S/C20H17BrClNO4S2/c1-11-7-13(3-4-15(11)22)26-5-6-27-18-14(21)8-12(9-16(18)25-2)10-17-19(24)23-20(28)29-17/h3-4,7-10H,5-6H2,1-2H3,(H,23,24,28). The van der Waals surface area contributed by atoms with Crippen LogP contribution in [-0.2, 0) is 4.79 Å². The highest BCUT2D eigenvalue weighted by atomic mass is 79.9. The molecule has 0 atom stereocenters. The third-order valence-electron chi connectivity index (χ3n) is 3.92. The van der Waals surface area contributed by atoms with Crippen LogP contribution in [0.25, 0.3) is 6.08 Å². The molecule has 0 bridgehead atoms. The van der Waals surface area contributed by atoms with Gasteiger partial charge >= 0.3 is 0 Å². The minimum Gasteiger partial charge on any atom is -0.493 e. The molecule has 9 heteroatoms. The molecular weight excluding hydrogens is 498 g/mol. The summed E-state index contributed by atoms with van der Waals surface area (Å²) < 4.78 is 18.2. The summed E-state index contributed by atoms with van der Waals surface area (Å²) in [7, 11) is 1.56. The molecule has 1 saturated heterocycles. The molecule has 0 spiro atoms. The zero-order valence-corrected chi connectivity index (χ0v) is 19.6. The summed E-state index contributed by atoms with van der Waals surface area (Å²) in [5.74, 6) is 1.63. The number of amides is 1. The highest BCUT2D eigenvalue weighted by Crippen LogP contribution is 2.38. The number of thioether (sulfide) groups is 1. The molecule has 1 heterocycles. The molecule has 1 aliphatic heterocycles. The summed E-state index contributed by atoms with van der Waals surface area (Å²) >= 11 is 15.8. The molecule has 0 aliphatic carbocycles. The van der Waals surface area contributed by atoms with E-state index in [9.17, 15) is 4.79 Å². The first kappa shape index (κ1) is 22.0. The summed E-state index contributed by atoms with van der Waals surface area (Å²) in [5.41, 5.74) is 1.74. The van der Waals surface area contributed by atoms with Gasteiger partial charge in [0.2, 0.25) is 0 Å². The number of aryl methyl sites for hydroxylation is 1. The number of carbonyl (C=O) groups is 1. The van der Waals surface area contributed by atoms with Gasteiger partial charge in [0, 0.05) is 5.02 Å². The first-order valence-electron chi connectivity index (χ1n) is 8.51. The van der Waals surface area contributed by atoms with Gasteiger partial charge in [-0.25, -0.2) is 0 Å². The van der Waals surface area contributed by atoms with Gasteiger partial charge in [0.15, 0.2) is 11.5 Å². The van der Waals surface area contributed by atoms with Crippen molar-refractivity contribution in [1.82, 2.24) is 5.32 Å². The third-order valence-corrected chi connectivity index (χ3v) is 6.10. The molecule has 1 aliphatic rings. The van der Waals surface area contributed by atoms with Crippen molar-refractivity contribution in [3.05, 3.63) is 55.9 Å². The van der Waals surface area contributed by atoms with E-state index < -0.39 is 0 Å². The molecule has 0 radical (unpaired) electrons. The maximum absolute atomic E-state index is 11.8. The lowest BCUT2D eigenvalue weighted by Crippen LogP contribution is -2.17. The van der Waals surface area contributed by atoms with Crippen LogP contribution in [-0.4, -0.2) is 30.6 Å². The molecule has 1 amide bonds. The molecule has 29 heavy (non-hydrogen) atoms. The predicted octanol–water partition coefficient (Wildman–Crippen LogP) is 5.37. The van der Waals surface area contributed by atoms with Crippen LogP contribution >= 0.6 is 51.5 Å². The fourth-order valence-electron chi connectivity index (χ4n) is 2.55. The van der Waals surface area contributed by atoms with Crippen LogP contribution in [0.5, 0.6) is 17.2 Å². The third kappa shape index (κ3) is 5.66. The fourth-order valence-corrected chi connectivity index (χ4v) is 4.28. The molecule has 1 N–H and O–H groups in total. The van der Waals surface area contributed by atoms with Crippen LogP contribution in [0.15, 0.2) is 39.7 Å². The van der Waals surface area contributed by atoms with E-state index in [0.717, 1.165) is 16.9 Å². The van der Waals surface area contributed by atoms with Crippen molar-refractivity contribution < 1.29 is 19.0 Å². The molecule has 3 rings (SSSR count). The highest BCUT2D eigenvalue weighted by Gasteiger charge is 2.22. The summed E-state index contributed by atoms with van der Waals surface area (Å²) in [6, 6.07) is 9.14. The first-order valence-corrected chi connectivity index (χ1v) is 10.9. The number of carbonyl (C=O) groups excluding carboxylic acids is 1. The predicted molar refractivity (Wildman–Crippen MR) is 124 cm³/mol. The van der Waals surface area contributed by atoms with Crippen LogP contribution in [0.1, 0.15) is 11.1 Å². The SMILES string of the molecule is COc1cc(C=C2SC(=S)NC2=O)cc(Br)c1OCCOc1ccc(Cl)c(C)c1. The first-order chi connectivity index (χ1) is 13.9. The topological polar surface area (TPSA) is 56.8 Å². The fraction of sp³-hybridized carbons (Fsp3) is 0.200. The Morgan fingerprint density at radius 3 is 2.66 bits per heavy atom. The number of nitrogens with one attached hydrogen (secondary N) is 1. The quantitative estimate of drug-likeness (QED) is 0.305. The van der Waals surface area contributed by atoms with Gasteiger partial charge in [0.1, 0.15) is 23.3 Å². The zero-order chi connectivity index (χ0) is 21.0. The number of ether oxygens (including phenoxy) is 3. The number of hydrogen-bond acceptors (Lipinski definition) is 6. The molecule has 0 unspecified atom stereocenters. The van der Waals surface area contributed by atoms with Crippen molar-refractivity contribution in [2.45, 2.75) is 6.92 Å². The van der Waals surface area contributed by atoms with Crippen LogP contribution in [0.4, 0.5) is 0 Å². The van der Waals surface area contributed by atoms with Crippen molar-refractivity contribution in [2.75, 3.05) is 20.3 Å². The number of hydrogen-bond donors (Lipinski definition) is 1. The number of benzene rings is 2. The van der Waals surface area contributed by atoms with E-state index in [4.69, 9.17) is 38.0 Å². The van der Waals surface area contributed by atoms with E-state index in [1.807, 2.05) is 25.1 Å². The molecule has 2 aromatic rings. The number of halogens is 2. The van der Waals surface area contributed by atoms with Gasteiger partial charge in [-0.2, -0.15) is 0 Å². The zero-order valence-electron chi connectivity index (χ0n) is 15.6. The summed E-state index contributed by atoms with van der Waals surface area (Å²) in [6.45, 7) is 2.60. The number of thiocarbonyl (C=S) groups is 1. The maximum atomic E-state index is 11.8. The summed E-state index contributed by atoms with van der Waals surface area (Å²) in [4.78, 5) is 12.4. The van der Waals surface area contributed by atoms with Crippen molar-refractivity contribution in [3.8, 4) is 17.2 Å². The van der Waals surface area contributed by atoms with Gasteiger partial charge < -0.3 is 19.5 Å². The number of methoxy groups -OCH3 is 1. The number of rotatable bonds is 7. The van der Waals surface area contributed by atoms with Gasteiger partial charge in [-0.1, -0.05) is 35.6 Å². The second kappa shape index (κ2) is 9.84. The van der Waals surface area contributed by atoms with Crippen molar-refractivity contribution in [2.24, 2.45) is 0 Å².